The molecule has 0 amide bonds. The minimum Gasteiger partial charge on any atom is -0.367 e. The SMILES string of the molecule is CCCC(CC)Nc1cc(C)nc2ncnn12. The van der Waals surface area contributed by atoms with Gasteiger partial charge in [0, 0.05) is 17.8 Å². The van der Waals surface area contributed by atoms with Gasteiger partial charge in [-0.2, -0.15) is 14.6 Å². The monoisotopic (exact) mass is 233 g/mol. The lowest BCUT2D eigenvalue weighted by atomic mass is 10.1. The number of aromatic nitrogens is 4. The van der Waals surface area contributed by atoms with Gasteiger partial charge in [-0.25, -0.2) is 4.98 Å². The first-order chi connectivity index (χ1) is 8.24. The first-order valence-corrected chi connectivity index (χ1v) is 6.18. The molecule has 2 heterocycles. The van der Waals surface area contributed by atoms with E-state index in [0.717, 1.165) is 24.4 Å². The molecule has 1 atom stereocenters. The zero-order chi connectivity index (χ0) is 12.3. The van der Waals surface area contributed by atoms with Crippen molar-refractivity contribution in [1.82, 2.24) is 19.6 Å². The lowest BCUT2D eigenvalue weighted by Gasteiger charge is -2.17. The van der Waals surface area contributed by atoms with Crippen LogP contribution in [0.2, 0.25) is 0 Å². The van der Waals surface area contributed by atoms with Crippen molar-refractivity contribution < 1.29 is 0 Å². The summed E-state index contributed by atoms with van der Waals surface area (Å²) in [5.41, 5.74) is 0.958. The van der Waals surface area contributed by atoms with Crippen molar-refractivity contribution in [2.24, 2.45) is 0 Å². The lowest BCUT2D eigenvalue weighted by Crippen LogP contribution is -2.20. The number of fused-ring (bicyclic) bond motifs is 1. The highest BCUT2D eigenvalue weighted by atomic mass is 15.4. The Balaban J connectivity index is 2.30. The van der Waals surface area contributed by atoms with Gasteiger partial charge in [0.1, 0.15) is 12.1 Å². The number of rotatable bonds is 5. The van der Waals surface area contributed by atoms with Gasteiger partial charge < -0.3 is 5.32 Å². The average molecular weight is 233 g/mol. The number of anilines is 1. The van der Waals surface area contributed by atoms with Gasteiger partial charge in [-0.1, -0.05) is 20.3 Å². The third-order valence-electron chi connectivity index (χ3n) is 2.86. The molecule has 0 spiro atoms. The third-order valence-corrected chi connectivity index (χ3v) is 2.86. The quantitative estimate of drug-likeness (QED) is 0.861. The molecule has 2 aromatic rings. The van der Waals surface area contributed by atoms with Gasteiger partial charge in [0.15, 0.2) is 0 Å². The highest BCUT2D eigenvalue weighted by Gasteiger charge is 2.09. The van der Waals surface area contributed by atoms with E-state index in [-0.39, 0.29) is 0 Å². The molecule has 1 N–H and O–H groups in total. The average Bonchev–Trinajstić information content (AvgIpc) is 2.76. The molecule has 2 aromatic heterocycles. The Labute approximate surface area is 101 Å². The Hall–Kier alpha value is -1.65. The Kier molecular flexibility index (Phi) is 3.56. The molecule has 2 rings (SSSR count). The Bertz CT molecular complexity index is 491. The zero-order valence-electron chi connectivity index (χ0n) is 10.6. The first-order valence-electron chi connectivity index (χ1n) is 6.18. The van der Waals surface area contributed by atoms with Crippen molar-refractivity contribution in [3.8, 4) is 0 Å². The molecule has 5 heteroatoms. The van der Waals surface area contributed by atoms with Crippen LogP contribution in [0.4, 0.5) is 5.82 Å². The van der Waals surface area contributed by atoms with Crippen LogP contribution in [0.25, 0.3) is 5.78 Å². The fourth-order valence-electron chi connectivity index (χ4n) is 1.97. The topological polar surface area (TPSA) is 55.1 Å². The summed E-state index contributed by atoms with van der Waals surface area (Å²) in [6.07, 6.45) is 4.98. The van der Waals surface area contributed by atoms with Crippen molar-refractivity contribution in [2.45, 2.75) is 46.1 Å². The molecule has 92 valence electrons. The number of hydrogen-bond donors (Lipinski definition) is 1. The van der Waals surface area contributed by atoms with Crippen LogP contribution in [0, 0.1) is 6.92 Å². The van der Waals surface area contributed by atoms with Crippen molar-refractivity contribution in [3.63, 3.8) is 0 Å². The molecule has 0 aliphatic carbocycles. The van der Waals surface area contributed by atoms with Gasteiger partial charge in [0.05, 0.1) is 0 Å². The highest BCUT2D eigenvalue weighted by molar-refractivity contribution is 5.45. The van der Waals surface area contributed by atoms with E-state index in [4.69, 9.17) is 0 Å². The van der Waals surface area contributed by atoms with Crippen LogP contribution >= 0.6 is 0 Å². The number of hydrogen-bond acceptors (Lipinski definition) is 4. The number of nitrogens with one attached hydrogen (secondary N) is 1. The van der Waals surface area contributed by atoms with Gasteiger partial charge in [-0.15, -0.1) is 0 Å². The van der Waals surface area contributed by atoms with Gasteiger partial charge in [0.25, 0.3) is 5.78 Å². The second kappa shape index (κ2) is 5.12. The second-order valence-electron chi connectivity index (χ2n) is 4.29. The summed E-state index contributed by atoms with van der Waals surface area (Å²) in [7, 11) is 0. The smallest absolute Gasteiger partial charge is 0.254 e. The van der Waals surface area contributed by atoms with E-state index in [0.29, 0.717) is 11.8 Å². The van der Waals surface area contributed by atoms with Gasteiger partial charge in [-0.05, 0) is 19.8 Å². The lowest BCUT2D eigenvalue weighted by molar-refractivity contribution is 0.617. The normalized spacial score (nSPS) is 12.9. The molecule has 1 unspecified atom stereocenters. The molecule has 0 fully saturated rings. The van der Waals surface area contributed by atoms with Crippen molar-refractivity contribution in [2.75, 3.05) is 5.32 Å². The van der Waals surface area contributed by atoms with Crippen LogP contribution in [0.5, 0.6) is 0 Å². The zero-order valence-corrected chi connectivity index (χ0v) is 10.6. The molecule has 0 aromatic carbocycles. The predicted octanol–water partition coefficient (Wildman–Crippen LogP) is 2.42. The van der Waals surface area contributed by atoms with Crippen LogP contribution in [0.1, 0.15) is 38.8 Å². The summed E-state index contributed by atoms with van der Waals surface area (Å²) in [5, 5.41) is 7.71. The molecule has 0 aliphatic rings. The Morgan fingerprint density at radius 1 is 1.41 bits per heavy atom. The molecule has 17 heavy (non-hydrogen) atoms. The van der Waals surface area contributed by atoms with Crippen LogP contribution in [0.3, 0.4) is 0 Å². The van der Waals surface area contributed by atoms with E-state index < -0.39 is 0 Å². The van der Waals surface area contributed by atoms with E-state index >= 15 is 0 Å². The molecule has 0 radical (unpaired) electrons. The molecular weight excluding hydrogens is 214 g/mol. The fraction of sp³-hybridized carbons (Fsp3) is 0.583. The summed E-state index contributed by atoms with van der Waals surface area (Å²) < 4.78 is 1.76. The van der Waals surface area contributed by atoms with E-state index in [2.05, 4.69) is 34.2 Å². The van der Waals surface area contributed by atoms with Crippen molar-refractivity contribution in [3.05, 3.63) is 18.1 Å². The molecular formula is C12H19N5. The minimum absolute atomic E-state index is 0.481. The largest absolute Gasteiger partial charge is 0.367 e. The molecule has 0 aliphatic heterocycles. The van der Waals surface area contributed by atoms with E-state index in [1.54, 1.807) is 4.52 Å². The Morgan fingerprint density at radius 3 is 2.94 bits per heavy atom. The predicted molar refractivity (Wildman–Crippen MR) is 68.1 cm³/mol. The van der Waals surface area contributed by atoms with Crippen molar-refractivity contribution in [1.29, 1.82) is 0 Å². The maximum Gasteiger partial charge on any atom is 0.254 e. The Morgan fingerprint density at radius 2 is 2.24 bits per heavy atom. The first kappa shape index (κ1) is 11.8. The van der Waals surface area contributed by atoms with E-state index in [1.165, 1.54) is 12.7 Å². The molecule has 5 nitrogen and oxygen atoms in total. The summed E-state index contributed by atoms with van der Waals surface area (Å²) in [6, 6.07) is 2.49. The molecule has 0 saturated heterocycles. The van der Waals surface area contributed by atoms with Crippen molar-refractivity contribution >= 4 is 11.6 Å². The van der Waals surface area contributed by atoms with Crippen LogP contribution in [-0.4, -0.2) is 25.6 Å². The number of nitrogens with zero attached hydrogens (tertiary/aromatic N) is 4. The maximum atomic E-state index is 4.32. The second-order valence-corrected chi connectivity index (χ2v) is 4.29. The standard InChI is InChI=1S/C12H19N5/c1-4-6-10(5-2)16-11-7-9(3)15-12-13-8-14-17(11)12/h7-8,10,16H,4-6H2,1-3H3. The highest BCUT2D eigenvalue weighted by Crippen LogP contribution is 2.14. The summed E-state index contributed by atoms with van der Waals surface area (Å²) in [6.45, 7) is 6.37. The molecule has 0 bridgehead atoms. The van der Waals surface area contributed by atoms with Crippen LogP contribution in [0.15, 0.2) is 12.4 Å². The number of aryl methyl sites for hydroxylation is 1. The third kappa shape index (κ3) is 2.54. The minimum atomic E-state index is 0.481. The van der Waals surface area contributed by atoms with E-state index in [9.17, 15) is 0 Å². The van der Waals surface area contributed by atoms with Crippen LogP contribution < -0.4 is 5.32 Å². The summed E-state index contributed by atoms with van der Waals surface area (Å²) in [4.78, 5) is 8.44. The van der Waals surface area contributed by atoms with Gasteiger partial charge in [0.2, 0.25) is 0 Å². The maximum absolute atomic E-state index is 4.32. The van der Waals surface area contributed by atoms with Gasteiger partial charge >= 0.3 is 0 Å². The van der Waals surface area contributed by atoms with Gasteiger partial charge in [-0.3, -0.25) is 0 Å². The van der Waals surface area contributed by atoms with E-state index in [1.807, 2.05) is 13.0 Å². The van der Waals surface area contributed by atoms with Crippen LogP contribution in [-0.2, 0) is 0 Å². The fourth-order valence-corrected chi connectivity index (χ4v) is 1.97. The molecule has 0 saturated carbocycles. The summed E-state index contributed by atoms with van der Waals surface area (Å²) >= 11 is 0. The summed E-state index contributed by atoms with van der Waals surface area (Å²) in [5.74, 6) is 1.63.